The Morgan fingerprint density at radius 1 is 1.55 bits per heavy atom. The molecule has 0 bridgehead atoms. The van der Waals surface area contributed by atoms with Gasteiger partial charge in [0.05, 0.1) is 6.10 Å². The van der Waals surface area contributed by atoms with Crippen LogP contribution in [0, 0.1) is 0 Å². The predicted octanol–water partition coefficient (Wildman–Crippen LogP) is 1.63. The Morgan fingerprint density at radius 2 is 2.32 bits per heavy atom. The van der Waals surface area contributed by atoms with Crippen LogP contribution >= 0.6 is 0 Å². The van der Waals surface area contributed by atoms with Crippen LogP contribution in [0.2, 0.25) is 0 Å². The zero-order valence-electron chi connectivity index (χ0n) is 12.8. The van der Waals surface area contributed by atoms with Crippen LogP contribution in [-0.4, -0.2) is 33.1 Å². The number of hydrogen-bond donors (Lipinski definition) is 4. The van der Waals surface area contributed by atoms with Crippen molar-refractivity contribution in [3.05, 3.63) is 24.0 Å². The number of carbonyl (C=O) groups is 1. The Hall–Kier alpha value is -2.15. The molecule has 1 aliphatic rings. The van der Waals surface area contributed by atoms with E-state index in [0.717, 1.165) is 25.0 Å². The van der Waals surface area contributed by atoms with E-state index in [1.165, 1.54) is 6.20 Å². The molecule has 5 N–H and O–H groups in total. The number of allylic oxidation sites excluding steroid dienone is 1. The summed E-state index contributed by atoms with van der Waals surface area (Å²) >= 11 is 0. The molecule has 2 rings (SSSR count). The van der Waals surface area contributed by atoms with Crippen LogP contribution in [-0.2, 0) is 0 Å². The van der Waals surface area contributed by atoms with Crippen LogP contribution in [0.25, 0.3) is 0 Å². The molecule has 1 amide bonds. The highest BCUT2D eigenvalue weighted by atomic mass is 16.3. The largest absolute Gasteiger partial charge is 0.393 e. The second-order valence-corrected chi connectivity index (χ2v) is 5.56. The maximum Gasteiger partial charge on any atom is 0.254 e. The van der Waals surface area contributed by atoms with Gasteiger partial charge < -0.3 is 21.5 Å². The van der Waals surface area contributed by atoms with Crippen molar-refractivity contribution in [3.8, 4) is 0 Å². The first kappa shape index (κ1) is 16.2. The minimum Gasteiger partial charge on any atom is -0.393 e. The maximum absolute atomic E-state index is 11.5. The van der Waals surface area contributed by atoms with Gasteiger partial charge in [0.2, 0.25) is 5.95 Å². The van der Waals surface area contributed by atoms with Gasteiger partial charge in [-0.15, -0.1) is 0 Å². The number of aliphatic hydroxyl groups excluding tert-OH is 1. The summed E-state index contributed by atoms with van der Waals surface area (Å²) in [5, 5.41) is 15.9. The van der Waals surface area contributed by atoms with E-state index in [-0.39, 0.29) is 17.7 Å². The fourth-order valence-corrected chi connectivity index (χ4v) is 2.46. The number of rotatable bonds is 6. The third-order valence-corrected chi connectivity index (χ3v) is 3.76. The number of aliphatic hydroxyl groups is 1. The highest BCUT2D eigenvalue weighted by Crippen LogP contribution is 2.22. The quantitative estimate of drug-likeness (QED) is 0.635. The van der Waals surface area contributed by atoms with E-state index in [1.54, 1.807) is 0 Å². The molecule has 1 fully saturated rings. The average molecular weight is 305 g/mol. The van der Waals surface area contributed by atoms with Gasteiger partial charge in [0.1, 0.15) is 11.4 Å². The van der Waals surface area contributed by atoms with Gasteiger partial charge in [-0.3, -0.25) is 4.79 Å². The second kappa shape index (κ2) is 7.22. The van der Waals surface area contributed by atoms with Crippen LogP contribution in [0.5, 0.6) is 0 Å². The van der Waals surface area contributed by atoms with Gasteiger partial charge >= 0.3 is 0 Å². The predicted molar refractivity (Wildman–Crippen MR) is 85.5 cm³/mol. The number of anilines is 2. The SMILES string of the molecule is C=C(CC)Nc1nc(N[C@H]2CCC[C@H](O)C2)ncc1C(N)=O. The molecular formula is C15H23N5O2. The lowest BCUT2D eigenvalue weighted by Gasteiger charge is -2.26. The van der Waals surface area contributed by atoms with Crippen molar-refractivity contribution in [1.29, 1.82) is 0 Å². The van der Waals surface area contributed by atoms with E-state index >= 15 is 0 Å². The second-order valence-electron chi connectivity index (χ2n) is 5.56. The van der Waals surface area contributed by atoms with E-state index < -0.39 is 5.91 Å². The number of amides is 1. The molecule has 1 aromatic heterocycles. The smallest absolute Gasteiger partial charge is 0.254 e. The highest BCUT2D eigenvalue weighted by molar-refractivity contribution is 5.97. The van der Waals surface area contributed by atoms with Gasteiger partial charge in [0, 0.05) is 17.9 Å². The van der Waals surface area contributed by atoms with Crippen LogP contribution in [0.4, 0.5) is 11.8 Å². The first-order chi connectivity index (χ1) is 10.5. The zero-order valence-corrected chi connectivity index (χ0v) is 12.8. The number of aromatic nitrogens is 2. The number of carbonyl (C=O) groups excluding carboxylic acids is 1. The molecule has 120 valence electrons. The van der Waals surface area contributed by atoms with Crippen molar-refractivity contribution in [2.45, 2.75) is 51.2 Å². The molecule has 0 saturated heterocycles. The lowest BCUT2D eigenvalue weighted by atomic mass is 9.93. The molecule has 0 aromatic carbocycles. The molecule has 7 heteroatoms. The molecule has 1 aliphatic carbocycles. The molecule has 0 radical (unpaired) electrons. The molecule has 0 aliphatic heterocycles. The van der Waals surface area contributed by atoms with E-state index in [9.17, 15) is 9.90 Å². The number of primary amides is 1. The number of nitrogens with two attached hydrogens (primary N) is 1. The minimum atomic E-state index is -0.592. The first-order valence-electron chi connectivity index (χ1n) is 7.55. The zero-order chi connectivity index (χ0) is 16.1. The van der Waals surface area contributed by atoms with Crippen LogP contribution in [0.15, 0.2) is 18.5 Å². The molecule has 0 spiro atoms. The molecule has 0 unspecified atom stereocenters. The molecule has 1 aromatic rings. The Kier molecular flexibility index (Phi) is 5.32. The van der Waals surface area contributed by atoms with E-state index in [2.05, 4.69) is 27.2 Å². The molecule has 2 atom stereocenters. The monoisotopic (exact) mass is 305 g/mol. The normalized spacial score (nSPS) is 21.2. The summed E-state index contributed by atoms with van der Waals surface area (Å²) in [4.78, 5) is 19.9. The van der Waals surface area contributed by atoms with Gasteiger partial charge in [0.25, 0.3) is 5.91 Å². The average Bonchev–Trinajstić information content (AvgIpc) is 2.47. The number of nitrogens with one attached hydrogen (secondary N) is 2. The minimum absolute atomic E-state index is 0.130. The van der Waals surface area contributed by atoms with Gasteiger partial charge in [-0.1, -0.05) is 13.5 Å². The Morgan fingerprint density at radius 3 is 2.95 bits per heavy atom. The van der Waals surface area contributed by atoms with Crippen molar-refractivity contribution >= 4 is 17.7 Å². The standard InChI is InChI=1S/C15H23N5O2/c1-3-9(2)18-14-12(13(16)22)8-17-15(20-14)19-10-5-4-6-11(21)7-10/h8,10-11,21H,2-7H2,1H3,(H2,16,22)(H2,17,18,19,20)/t10-,11-/m0/s1. The topological polar surface area (TPSA) is 113 Å². The number of hydrogen-bond acceptors (Lipinski definition) is 6. The van der Waals surface area contributed by atoms with E-state index in [1.807, 2.05) is 6.92 Å². The summed E-state index contributed by atoms with van der Waals surface area (Å²) in [6, 6.07) is 0.130. The highest BCUT2D eigenvalue weighted by Gasteiger charge is 2.21. The van der Waals surface area contributed by atoms with Crippen LogP contribution < -0.4 is 16.4 Å². The van der Waals surface area contributed by atoms with Gasteiger partial charge in [-0.2, -0.15) is 4.98 Å². The summed E-state index contributed by atoms with van der Waals surface area (Å²) in [6.45, 7) is 5.79. The Bertz CT molecular complexity index is 561. The summed E-state index contributed by atoms with van der Waals surface area (Å²) in [6.07, 6.45) is 5.27. The summed E-state index contributed by atoms with van der Waals surface area (Å²) in [7, 11) is 0. The molecule has 22 heavy (non-hydrogen) atoms. The lowest BCUT2D eigenvalue weighted by molar-refractivity contribution is 0.100. The van der Waals surface area contributed by atoms with Crippen molar-refractivity contribution in [3.63, 3.8) is 0 Å². The molecule has 1 heterocycles. The number of nitrogens with zero attached hydrogens (tertiary/aromatic N) is 2. The third-order valence-electron chi connectivity index (χ3n) is 3.76. The Labute approximate surface area is 130 Å². The van der Waals surface area contributed by atoms with Crippen molar-refractivity contribution in [2.75, 3.05) is 10.6 Å². The maximum atomic E-state index is 11.5. The molecule has 7 nitrogen and oxygen atoms in total. The molecule has 1 saturated carbocycles. The van der Waals surface area contributed by atoms with Crippen molar-refractivity contribution < 1.29 is 9.90 Å². The molecular weight excluding hydrogens is 282 g/mol. The van der Waals surface area contributed by atoms with Crippen molar-refractivity contribution in [1.82, 2.24) is 9.97 Å². The van der Waals surface area contributed by atoms with Gasteiger partial charge in [-0.25, -0.2) is 4.98 Å². The van der Waals surface area contributed by atoms with E-state index in [0.29, 0.717) is 24.6 Å². The summed E-state index contributed by atoms with van der Waals surface area (Å²) < 4.78 is 0. The summed E-state index contributed by atoms with van der Waals surface area (Å²) in [5.74, 6) is 0.176. The van der Waals surface area contributed by atoms with Crippen LogP contribution in [0.3, 0.4) is 0 Å². The van der Waals surface area contributed by atoms with Gasteiger partial charge in [-0.05, 0) is 32.1 Å². The van der Waals surface area contributed by atoms with Crippen LogP contribution in [0.1, 0.15) is 49.4 Å². The summed E-state index contributed by atoms with van der Waals surface area (Å²) in [5.41, 5.74) is 6.30. The van der Waals surface area contributed by atoms with E-state index in [4.69, 9.17) is 5.73 Å². The Balaban J connectivity index is 2.16. The van der Waals surface area contributed by atoms with Gasteiger partial charge in [0.15, 0.2) is 0 Å². The first-order valence-corrected chi connectivity index (χ1v) is 7.55. The fraction of sp³-hybridized carbons (Fsp3) is 0.533. The lowest BCUT2D eigenvalue weighted by Crippen LogP contribution is -2.30. The fourth-order valence-electron chi connectivity index (χ4n) is 2.46. The third kappa shape index (κ3) is 4.17. The van der Waals surface area contributed by atoms with Crippen molar-refractivity contribution in [2.24, 2.45) is 5.73 Å².